The first kappa shape index (κ1) is 15.0. The van der Waals surface area contributed by atoms with E-state index in [0.717, 1.165) is 12.5 Å². The molecule has 1 rings (SSSR count). The summed E-state index contributed by atoms with van der Waals surface area (Å²) in [5, 5.41) is 0. The van der Waals surface area contributed by atoms with Gasteiger partial charge in [-0.15, -0.1) is 0 Å². The van der Waals surface area contributed by atoms with Gasteiger partial charge in [-0.2, -0.15) is 0 Å². The maximum absolute atomic E-state index is 5.30. The molecule has 94 valence electrons. The first-order chi connectivity index (χ1) is 7.02. The van der Waals surface area contributed by atoms with Crippen LogP contribution in [0.15, 0.2) is 0 Å². The molecule has 0 aliphatic heterocycles. The quantitative estimate of drug-likeness (QED) is 0.652. The second-order valence-corrected chi connectivity index (χ2v) is 5.52. The van der Waals surface area contributed by atoms with Gasteiger partial charge < -0.3 is 4.74 Å². The van der Waals surface area contributed by atoms with Crippen molar-refractivity contribution in [3.63, 3.8) is 0 Å². The summed E-state index contributed by atoms with van der Waals surface area (Å²) in [5.41, 5.74) is 0. The van der Waals surface area contributed by atoms with Crippen molar-refractivity contribution in [2.75, 3.05) is 6.61 Å². The first-order valence-electron chi connectivity index (χ1n) is 6.64. The Kier molecular flexibility index (Phi) is 9.18. The number of rotatable bonds is 3. The van der Waals surface area contributed by atoms with Crippen molar-refractivity contribution >= 4 is 0 Å². The second kappa shape index (κ2) is 9.21. The highest BCUT2D eigenvalue weighted by Gasteiger charge is 2.05. The van der Waals surface area contributed by atoms with Gasteiger partial charge in [0.2, 0.25) is 0 Å². The Morgan fingerprint density at radius 3 is 1.80 bits per heavy atom. The zero-order chi connectivity index (χ0) is 11.7. The molecular weight excluding hydrogens is 184 g/mol. The van der Waals surface area contributed by atoms with Crippen LogP contribution in [0.4, 0.5) is 0 Å². The maximum Gasteiger partial charge on any atom is 0.0518 e. The molecule has 1 nitrogen and oxygen atoms in total. The van der Waals surface area contributed by atoms with Crippen LogP contribution in [0.1, 0.15) is 68.1 Å². The highest BCUT2D eigenvalue weighted by Crippen LogP contribution is 2.22. The van der Waals surface area contributed by atoms with E-state index < -0.39 is 0 Å². The summed E-state index contributed by atoms with van der Waals surface area (Å²) >= 11 is 0. The van der Waals surface area contributed by atoms with E-state index >= 15 is 0 Å². The van der Waals surface area contributed by atoms with Gasteiger partial charge in [0.25, 0.3) is 0 Å². The lowest BCUT2D eigenvalue weighted by Gasteiger charge is -2.15. The van der Waals surface area contributed by atoms with Crippen molar-refractivity contribution in [2.24, 2.45) is 11.8 Å². The lowest BCUT2D eigenvalue weighted by atomic mass is 9.91. The van der Waals surface area contributed by atoms with Crippen LogP contribution >= 0.6 is 0 Å². The van der Waals surface area contributed by atoms with Crippen LogP contribution in [0.25, 0.3) is 0 Å². The average molecular weight is 216 g/mol. The minimum Gasteiger partial charge on any atom is -0.379 e. The van der Waals surface area contributed by atoms with Crippen LogP contribution in [0.5, 0.6) is 0 Å². The zero-order valence-electron chi connectivity index (χ0n) is 11.4. The molecule has 0 heterocycles. The molecule has 1 aliphatic carbocycles. The third-order valence-electron chi connectivity index (χ3n) is 2.66. The molecule has 0 aromatic heterocycles. The number of ether oxygens (including phenoxy) is 1. The molecule has 0 amide bonds. The number of hydrogen-bond acceptors (Lipinski definition) is 1. The fourth-order valence-corrected chi connectivity index (χ4v) is 1.69. The summed E-state index contributed by atoms with van der Waals surface area (Å²) in [7, 11) is 0. The molecule has 0 spiro atoms. The van der Waals surface area contributed by atoms with Gasteiger partial charge in [0.05, 0.1) is 6.10 Å². The fourth-order valence-electron chi connectivity index (χ4n) is 1.69. The Labute approximate surface area is 98.1 Å². The molecular formula is C14H32O. The largest absolute Gasteiger partial charge is 0.379 e. The van der Waals surface area contributed by atoms with Gasteiger partial charge in [-0.05, 0) is 25.7 Å². The Bertz CT molecular complexity index is 121. The standard InChI is InChI=1S/C7H16O.C7H14.H2/c1-6(2)5-8-7(3)4;1-7-5-3-2-4-6-7;/h6-7H,5H2,1-4H3;7H,2-6H2,1H3;1H. The molecule has 1 fully saturated rings. The summed E-state index contributed by atoms with van der Waals surface area (Å²) in [6, 6.07) is 0. The minimum atomic E-state index is 0. The van der Waals surface area contributed by atoms with E-state index in [1.165, 1.54) is 32.1 Å². The topological polar surface area (TPSA) is 9.23 Å². The van der Waals surface area contributed by atoms with Crippen molar-refractivity contribution in [3.05, 3.63) is 0 Å². The highest BCUT2D eigenvalue weighted by molar-refractivity contribution is 4.59. The van der Waals surface area contributed by atoms with Crippen molar-refractivity contribution in [1.82, 2.24) is 0 Å². The molecule has 1 saturated carbocycles. The Morgan fingerprint density at radius 2 is 1.60 bits per heavy atom. The van der Waals surface area contributed by atoms with Crippen molar-refractivity contribution < 1.29 is 6.16 Å². The van der Waals surface area contributed by atoms with Gasteiger partial charge in [-0.1, -0.05) is 52.9 Å². The Balaban J connectivity index is 0. The Hall–Kier alpha value is -0.0400. The summed E-state index contributed by atoms with van der Waals surface area (Å²) < 4.78 is 5.30. The lowest BCUT2D eigenvalue weighted by Crippen LogP contribution is -2.08. The van der Waals surface area contributed by atoms with Gasteiger partial charge in [0.1, 0.15) is 0 Å². The molecule has 0 radical (unpaired) electrons. The minimum absolute atomic E-state index is 0. The molecule has 0 saturated heterocycles. The molecule has 0 bridgehead atoms. The molecule has 0 aromatic rings. The van der Waals surface area contributed by atoms with Gasteiger partial charge in [-0.3, -0.25) is 0 Å². The molecule has 0 atom stereocenters. The maximum atomic E-state index is 5.30. The van der Waals surface area contributed by atoms with Crippen LogP contribution in [-0.2, 0) is 4.74 Å². The predicted octanol–water partition coefficient (Wildman–Crippen LogP) is 4.90. The van der Waals surface area contributed by atoms with Crippen LogP contribution < -0.4 is 0 Å². The predicted molar refractivity (Wildman–Crippen MR) is 70.3 cm³/mol. The van der Waals surface area contributed by atoms with Crippen LogP contribution in [-0.4, -0.2) is 12.7 Å². The van der Waals surface area contributed by atoms with Crippen molar-refractivity contribution in [3.8, 4) is 0 Å². The van der Waals surface area contributed by atoms with E-state index in [0.29, 0.717) is 12.0 Å². The van der Waals surface area contributed by atoms with Crippen LogP contribution in [0.3, 0.4) is 0 Å². The number of hydrogen-bond donors (Lipinski definition) is 0. The Morgan fingerprint density at radius 1 is 1.07 bits per heavy atom. The highest BCUT2D eigenvalue weighted by atomic mass is 16.5. The smallest absolute Gasteiger partial charge is 0.0518 e. The van der Waals surface area contributed by atoms with E-state index in [1.807, 2.05) is 0 Å². The first-order valence-corrected chi connectivity index (χ1v) is 6.64. The molecule has 0 unspecified atom stereocenters. The van der Waals surface area contributed by atoms with Crippen molar-refractivity contribution in [1.29, 1.82) is 0 Å². The van der Waals surface area contributed by atoms with E-state index in [-0.39, 0.29) is 1.43 Å². The lowest BCUT2D eigenvalue weighted by molar-refractivity contribution is 0.0593. The van der Waals surface area contributed by atoms with E-state index in [2.05, 4.69) is 34.6 Å². The normalized spacial score (nSPS) is 17.8. The average Bonchev–Trinajstić information content (AvgIpc) is 2.17. The molecule has 0 aromatic carbocycles. The summed E-state index contributed by atoms with van der Waals surface area (Å²) in [6.07, 6.45) is 7.82. The van der Waals surface area contributed by atoms with Crippen molar-refractivity contribution in [2.45, 2.75) is 72.8 Å². The fraction of sp³-hybridized carbons (Fsp3) is 1.00. The van der Waals surface area contributed by atoms with E-state index in [9.17, 15) is 0 Å². The summed E-state index contributed by atoms with van der Waals surface area (Å²) in [6.45, 7) is 11.7. The molecule has 1 heteroatoms. The monoisotopic (exact) mass is 216 g/mol. The summed E-state index contributed by atoms with van der Waals surface area (Å²) in [5.74, 6) is 1.70. The summed E-state index contributed by atoms with van der Waals surface area (Å²) in [4.78, 5) is 0. The van der Waals surface area contributed by atoms with Gasteiger partial charge >= 0.3 is 0 Å². The molecule has 1 aliphatic rings. The van der Waals surface area contributed by atoms with E-state index in [1.54, 1.807) is 0 Å². The zero-order valence-corrected chi connectivity index (χ0v) is 11.4. The third-order valence-corrected chi connectivity index (χ3v) is 2.66. The van der Waals surface area contributed by atoms with Crippen LogP contribution in [0.2, 0.25) is 0 Å². The van der Waals surface area contributed by atoms with Gasteiger partial charge in [0.15, 0.2) is 0 Å². The van der Waals surface area contributed by atoms with Gasteiger partial charge in [-0.25, -0.2) is 0 Å². The van der Waals surface area contributed by atoms with Crippen LogP contribution in [0, 0.1) is 11.8 Å². The third kappa shape index (κ3) is 11.9. The van der Waals surface area contributed by atoms with Gasteiger partial charge in [0, 0.05) is 8.03 Å². The SMILES string of the molecule is CC(C)COC(C)C.CC1CCCCC1.[HH]. The van der Waals surface area contributed by atoms with E-state index in [4.69, 9.17) is 4.74 Å². The molecule has 15 heavy (non-hydrogen) atoms. The molecule has 0 N–H and O–H groups in total. The second-order valence-electron chi connectivity index (χ2n) is 5.52.